The summed E-state index contributed by atoms with van der Waals surface area (Å²) in [5.74, 6) is 0. The zero-order valence-electron chi connectivity index (χ0n) is 12.8. The van der Waals surface area contributed by atoms with Crippen molar-refractivity contribution in [2.75, 3.05) is 19.6 Å². The first-order chi connectivity index (χ1) is 10.6. The van der Waals surface area contributed by atoms with Crippen molar-refractivity contribution in [1.82, 2.24) is 9.62 Å². The Morgan fingerprint density at radius 3 is 2.68 bits per heavy atom. The van der Waals surface area contributed by atoms with Crippen molar-refractivity contribution in [2.45, 2.75) is 30.7 Å². The van der Waals surface area contributed by atoms with Gasteiger partial charge < -0.3 is 5.32 Å². The van der Waals surface area contributed by atoms with Crippen LogP contribution in [0.2, 0.25) is 0 Å². The summed E-state index contributed by atoms with van der Waals surface area (Å²) in [4.78, 5) is 0.422. The number of rotatable bonds is 5. The zero-order chi connectivity index (χ0) is 15.6. The molecule has 0 bridgehead atoms. The Kier molecular flexibility index (Phi) is 4.47. The molecule has 118 valence electrons. The number of benzene rings is 2. The van der Waals surface area contributed by atoms with E-state index in [-0.39, 0.29) is 6.04 Å². The quantitative estimate of drug-likeness (QED) is 0.922. The highest BCUT2D eigenvalue weighted by atomic mass is 32.2. The van der Waals surface area contributed by atoms with E-state index in [1.54, 1.807) is 10.4 Å². The van der Waals surface area contributed by atoms with Crippen LogP contribution in [0, 0.1) is 0 Å². The minimum Gasteiger partial charge on any atom is -0.315 e. The Balaban J connectivity index is 2.09. The molecule has 1 saturated heterocycles. The van der Waals surface area contributed by atoms with Gasteiger partial charge in [0.15, 0.2) is 0 Å². The summed E-state index contributed by atoms with van der Waals surface area (Å²) in [6.45, 7) is 4.21. The predicted octanol–water partition coefficient (Wildman–Crippen LogP) is 2.60. The summed E-state index contributed by atoms with van der Waals surface area (Å²) in [5.41, 5.74) is 0. The first-order valence-electron chi connectivity index (χ1n) is 7.85. The molecule has 22 heavy (non-hydrogen) atoms. The van der Waals surface area contributed by atoms with Crippen molar-refractivity contribution < 1.29 is 8.42 Å². The third-order valence-corrected chi connectivity index (χ3v) is 6.23. The second kappa shape index (κ2) is 6.36. The highest BCUT2D eigenvalue weighted by molar-refractivity contribution is 7.89. The van der Waals surface area contributed by atoms with Gasteiger partial charge in [0.25, 0.3) is 0 Å². The van der Waals surface area contributed by atoms with Crippen LogP contribution >= 0.6 is 0 Å². The largest absolute Gasteiger partial charge is 0.315 e. The minimum absolute atomic E-state index is 0.0592. The van der Waals surface area contributed by atoms with Gasteiger partial charge in [0.05, 0.1) is 4.90 Å². The lowest BCUT2D eigenvalue weighted by molar-refractivity contribution is 0.335. The predicted molar refractivity (Wildman–Crippen MR) is 89.4 cm³/mol. The standard InChI is InChI=1S/C17H22N2O2S/c1-2-12-19(15-10-11-18-13-15)22(20,21)17-9-5-7-14-6-3-4-8-16(14)17/h3-9,15,18H,2,10-13H2,1H3. The zero-order valence-corrected chi connectivity index (χ0v) is 13.6. The Hall–Kier alpha value is -1.43. The average Bonchev–Trinajstić information content (AvgIpc) is 3.05. The van der Waals surface area contributed by atoms with Crippen LogP contribution in [0.3, 0.4) is 0 Å². The SMILES string of the molecule is CCCN(C1CCNC1)S(=O)(=O)c1cccc2ccccc12. The van der Waals surface area contributed by atoms with Crippen LogP contribution in [0.25, 0.3) is 10.8 Å². The van der Waals surface area contributed by atoms with Crippen LogP contribution in [-0.4, -0.2) is 38.4 Å². The second-order valence-electron chi connectivity index (χ2n) is 5.74. The van der Waals surface area contributed by atoms with Crippen LogP contribution in [0.5, 0.6) is 0 Å². The molecule has 1 N–H and O–H groups in total. The summed E-state index contributed by atoms with van der Waals surface area (Å²) in [7, 11) is -3.48. The normalized spacial score (nSPS) is 19.1. The molecule has 0 amide bonds. The highest BCUT2D eigenvalue weighted by Gasteiger charge is 2.33. The molecule has 3 rings (SSSR count). The molecule has 0 saturated carbocycles. The molecule has 1 fully saturated rings. The van der Waals surface area contributed by atoms with E-state index in [0.717, 1.165) is 36.7 Å². The molecule has 1 unspecified atom stereocenters. The molecule has 2 aromatic rings. The summed E-state index contributed by atoms with van der Waals surface area (Å²) < 4.78 is 28.1. The fourth-order valence-corrected chi connectivity index (χ4v) is 5.11. The maximum atomic E-state index is 13.2. The Morgan fingerprint density at radius 2 is 1.95 bits per heavy atom. The molecule has 0 aliphatic carbocycles. The highest BCUT2D eigenvalue weighted by Crippen LogP contribution is 2.28. The lowest BCUT2D eigenvalue weighted by Crippen LogP contribution is -2.42. The average molecular weight is 318 g/mol. The molecule has 0 aromatic heterocycles. The molecule has 2 aromatic carbocycles. The first-order valence-corrected chi connectivity index (χ1v) is 9.29. The van der Waals surface area contributed by atoms with E-state index in [4.69, 9.17) is 0 Å². The number of hydrogen-bond donors (Lipinski definition) is 1. The van der Waals surface area contributed by atoms with Gasteiger partial charge in [0, 0.05) is 24.5 Å². The van der Waals surface area contributed by atoms with Gasteiger partial charge in [-0.3, -0.25) is 0 Å². The van der Waals surface area contributed by atoms with Crippen LogP contribution in [0.1, 0.15) is 19.8 Å². The third kappa shape index (κ3) is 2.76. The Morgan fingerprint density at radius 1 is 1.18 bits per heavy atom. The molecule has 0 spiro atoms. The van der Waals surface area contributed by atoms with E-state index in [2.05, 4.69) is 5.32 Å². The maximum absolute atomic E-state index is 13.2. The van der Waals surface area contributed by atoms with Crippen molar-refractivity contribution in [3.63, 3.8) is 0 Å². The summed E-state index contributed by atoms with van der Waals surface area (Å²) in [6, 6.07) is 13.2. The van der Waals surface area contributed by atoms with Crippen molar-refractivity contribution in [2.24, 2.45) is 0 Å². The number of nitrogens with zero attached hydrogens (tertiary/aromatic N) is 1. The number of hydrogen-bond acceptors (Lipinski definition) is 3. The van der Waals surface area contributed by atoms with E-state index in [1.807, 2.05) is 43.3 Å². The van der Waals surface area contributed by atoms with Gasteiger partial charge >= 0.3 is 0 Å². The van der Waals surface area contributed by atoms with Gasteiger partial charge in [-0.2, -0.15) is 4.31 Å². The van der Waals surface area contributed by atoms with Crippen molar-refractivity contribution in [3.05, 3.63) is 42.5 Å². The molecule has 1 heterocycles. The second-order valence-corrected chi connectivity index (χ2v) is 7.60. The molecule has 1 atom stereocenters. The van der Waals surface area contributed by atoms with Gasteiger partial charge in [-0.05, 0) is 30.8 Å². The van der Waals surface area contributed by atoms with Crippen LogP contribution < -0.4 is 5.32 Å². The van der Waals surface area contributed by atoms with E-state index >= 15 is 0 Å². The van der Waals surface area contributed by atoms with E-state index in [1.165, 1.54) is 0 Å². The Labute approximate surface area is 132 Å². The Bertz CT molecular complexity index is 747. The van der Waals surface area contributed by atoms with Crippen molar-refractivity contribution in [3.8, 4) is 0 Å². The van der Waals surface area contributed by atoms with Gasteiger partial charge in [0.2, 0.25) is 10.0 Å². The van der Waals surface area contributed by atoms with Crippen LogP contribution in [0.4, 0.5) is 0 Å². The molecular weight excluding hydrogens is 296 g/mol. The molecule has 0 radical (unpaired) electrons. The number of sulfonamides is 1. The van der Waals surface area contributed by atoms with Crippen LogP contribution in [0.15, 0.2) is 47.4 Å². The van der Waals surface area contributed by atoms with Gasteiger partial charge in [-0.25, -0.2) is 8.42 Å². The number of fused-ring (bicyclic) bond motifs is 1. The fourth-order valence-electron chi connectivity index (χ4n) is 3.15. The first kappa shape index (κ1) is 15.5. The minimum atomic E-state index is -3.48. The molecule has 4 nitrogen and oxygen atoms in total. The summed E-state index contributed by atoms with van der Waals surface area (Å²) in [6.07, 6.45) is 1.70. The lowest BCUT2D eigenvalue weighted by Gasteiger charge is -2.27. The van der Waals surface area contributed by atoms with E-state index in [0.29, 0.717) is 11.4 Å². The van der Waals surface area contributed by atoms with Gasteiger partial charge in [0.1, 0.15) is 0 Å². The lowest BCUT2D eigenvalue weighted by atomic mass is 10.1. The van der Waals surface area contributed by atoms with Gasteiger partial charge in [-0.1, -0.05) is 43.3 Å². The summed E-state index contributed by atoms with van der Waals surface area (Å²) in [5, 5.41) is 5.03. The molecule has 1 aliphatic heterocycles. The van der Waals surface area contributed by atoms with E-state index in [9.17, 15) is 8.42 Å². The fraction of sp³-hybridized carbons (Fsp3) is 0.412. The molecular formula is C17H22N2O2S. The van der Waals surface area contributed by atoms with Crippen LogP contribution in [-0.2, 0) is 10.0 Å². The third-order valence-electron chi connectivity index (χ3n) is 4.22. The number of nitrogens with one attached hydrogen (secondary N) is 1. The van der Waals surface area contributed by atoms with E-state index < -0.39 is 10.0 Å². The molecule has 5 heteroatoms. The van der Waals surface area contributed by atoms with Crippen molar-refractivity contribution in [1.29, 1.82) is 0 Å². The molecule has 1 aliphatic rings. The van der Waals surface area contributed by atoms with Gasteiger partial charge in [-0.15, -0.1) is 0 Å². The summed E-state index contributed by atoms with van der Waals surface area (Å²) >= 11 is 0. The monoisotopic (exact) mass is 318 g/mol. The topological polar surface area (TPSA) is 49.4 Å². The van der Waals surface area contributed by atoms with Crippen molar-refractivity contribution >= 4 is 20.8 Å². The maximum Gasteiger partial charge on any atom is 0.243 e. The smallest absolute Gasteiger partial charge is 0.243 e.